The summed E-state index contributed by atoms with van der Waals surface area (Å²) in [5.41, 5.74) is 3.20. The van der Waals surface area contributed by atoms with E-state index in [9.17, 15) is 19.1 Å². The first-order chi connectivity index (χ1) is 18.4. The number of carbonyl (C=O) groups is 2. The van der Waals surface area contributed by atoms with Crippen molar-refractivity contribution in [3.63, 3.8) is 0 Å². The topological polar surface area (TPSA) is 83.0 Å². The van der Waals surface area contributed by atoms with Crippen LogP contribution in [0.25, 0.3) is 10.2 Å². The summed E-state index contributed by atoms with van der Waals surface area (Å²) >= 11 is 1.32. The fourth-order valence-electron chi connectivity index (χ4n) is 4.74. The second-order valence-corrected chi connectivity index (χ2v) is 10.3. The number of nitrogens with zero attached hydrogens (tertiary/aromatic N) is 3. The number of ether oxygens (including phenoxy) is 1. The Labute approximate surface area is 224 Å². The molecule has 5 rings (SSSR count). The minimum atomic E-state index is -0.966. The molecule has 1 aliphatic heterocycles. The van der Waals surface area contributed by atoms with Crippen molar-refractivity contribution in [2.24, 2.45) is 0 Å². The highest BCUT2D eigenvalue weighted by atomic mass is 32.1. The van der Waals surface area contributed by atoms with Gasteiger partial charge in [-0.1, -0.05) is 41.7 Å². The molecular formula is C29H28FN3O4S. The van der Waals surface area contributed by atoms with Crippen LogP contribution >= 0.6 is 11.3 Å². The van der Waals surface area contributed by atoms with Crippen molar-refractivity contribution in [1.82, 2.24) is 9.88 Å². The van der Waals surface area contributed by atoms with Gasteiger partial charge in [-0.25, -0.2) is 14.2 Å². The molecule has 1 fully saturated rings. The first kappa shape index (κ1) is 25.7. The number of benzene rings is 3. The lowest BCUT2D eigenvalue weighted by molar-refractivity contribution is -0.141. The molecule has 0 saturated carbocycles. The van der Waals surface area contributed by atoms with Gasteiger partial charge in [0.05, 0.1) is 17.3 Å². The van der Waals surface area contributed by atoms with Gasteiger partial charge in [0, 0.05) is 25.2 Å². The molecule has 0 bridgehead atoms. The van der Waals surface area contributed by atoms with Crippen LogP contribution in [0.15, 0.2) is 66.7 Å². The van der Waals surface area contributed by atoms with Crippen LogP contribution in [-0.2, 0) is 17.8 Å². The zero-order valence-corrected chi connectivity index (χ0v) is 21.8. The number of fused-ring (bicyclic) bond motifs is 1. The van der Waals surface area contributed by atoms with Crippen LogP contribution in [0.4, 0.5) is 9.52 Å². The Balaban J connectivity index is 1.36. The highest BCUT2D eigenvalue weighted by molar-refractivity contribution is 7.22. The molecule has 0 radical (unpaired) electrons. The maximum Gasteiger partial charge on any atom is 0.326 e. The van der Waals surface area contributed by atoms with Gasteiger partial charge in [-0.05, 0) is 66.8 Å². The molecule has 4 aromatic rings. The van der Waals surface area contributed by atoms with Crippen LogP contribution < -0.4 is 9.64 Å². The summed E-state index contributed by atoms with van der Waals surface area (Å²) in [6, 6.07) is 19.3. The normalized spacial score (nSPS) is 15.1. The van der Waals surface area contributed by atoms with Crippen molar-refractivity contribution in [2.45, 2.75) is 31.8 Å². The van der Waals surface area contributed by atoms with Crippen LogP contribution in [-0.4, -0.2) is 53.1 Å². The van der Waals surface area contributed by atoms with Crippen molar-refractivity contribution < 1.29 is 23.8 Å². The summed E-state index contributed by atoms with van der Waals surface area (Å²) in [6.07, 6.45) is 1.92. The predicted molar refractivity (Wildman–Crippen MR) is 145 cm³/mol. The maximum absolute atomic E-state index is 14.4. The molecule has 0 unspecified atom stereocenters. The molecule has 196 valence electrons. The van der Waals surface area contributed by atoms with E-state index in [4.69, 9.17) is 9.72 Å². The van der Waals surface area contributed by atoms with Gasteiger partial charge >= 0.3 is 5.97 Å². The molecule has 0 aliphatic carbocycles. The van der Waals surface area contributed by atoms with Crippen LogP contribution in [0.1, 0.15) is 34.3 Å². The number of halogens is 1. The number of hydrogen-bond donors (Lipinski definition) is 1. The first-order valence-electron chi connectivity index (χ1n) is 12.5. The molecular weight excluding hydrogens is 505 g/mol. The number of carboxylic acids is 1. The van der Waals surface area contributed by atoms with Crippen LogP contribution in [0.2, 0.25) is 0 Å². The van der Waals surface area contributed by atoms with E-state index in [0.717, 1.165) is 28.4 Å². The molecule has 1 saturated heterocycles. The van der Waals surface area contributed by atoms with Gasteiger partial charge in [0.15, 0.2) is 5.13 Å². The summed E-state index contributed by atoms with van der Waals surface area (Å²) in [5, 5.41) is 10.1. The predicted octanol–water partition coefficient (Wildman–Crippen LogP) is 5.38. The summed E-state index contributed by atoms with van der Waals surface area (Å²) < 4.78 is 20.2. The van der Waals surface area contributed by atoms with Crippen molar-refractivity contribution in [3.8, 4) is 5.75 Å². The molecule has 7 nitrogen and oxygen atoms in total. The Bertz CT molecular complexity index is 1440. The SMILES string of the molecule is COc1ccc(CCN(Cc2ccc(C(=O)N3CCC[C@H]3C(=O)O)cc2)c2nc3cccc(F)c3s2)cc1. The van der Waals surface area contributed by atoms with E-state index in [1.54, 1.807) is 25.3 Å². The monoisotopic (exact) mass is 533 g/mol. The minimum Gasteiger partial charge on any atom is -0.497 e. The standard InChI is InChI=1S/C29H28FN3O4S/c1-37-22-13-9-19(10-14-22)15-17-32(29-31-24-5-2-4-23(30)26(24)38-29)18-20-7-11-21(12-8-20)27(34)33-16-3-6-25(33)28(35)36/h2,4-5,7-14,25H,3,6,15-18H2,1H3,(H,35,36)/t25-/m0/s1. The second kappa shape index (κ2) is 11.2. The highest BCUT2D eigenvalue weighted by Gasteiger charge is 2.34. The van der Waals surface area contributed by atoms with E-state index in [0.29, 0.717) is 48.3 Å². The fourth-order valence-corrected chi connectivity index (χ4v) is 5.74. The Morgan fingerprint density at radius 2 is 1.84 bits per heavy atom. The third-order valence-corrected chi connectivity index (χ3v) is 7.97. The number of carboxylic acid groups (broad SMARTS) is 1. The lowest BCUT2D eigenvalue weighted by Crippen LogP contribution is -2.40. The average molecular weight is 534 g/mol. The number of amides is 1. The van der Waals surface area contributed by atoms with Gasteiger partial charge in [-0.3, -0.25) is 4.79 Å². The summed E-state index contributed by atoms with van der Waals surface area (Å²) in [7, 11) is 1.64. The van der Waals surface area contributed by atoms with Crippen molar-refractivity contribution >= 4 is 38.6 Å². The number of aliphatic carboxylic acids is 1. The van der Waals surface area contributed by atoms with Gasteiger partial charge < -0.3 is 19.6 Å². The summed E-state index contributed by atoms with van der Waals surface area (Å²) in [4.78, 5) is 32.7. The lowest BCUT2D eigenvalue weighted by atomic mass is 10.1. The van der Waals surface area contributed by atoms with E-state index in [-0.39, 0.29) is 11.7 Å². The van der Waals surface area contributed by atoms with Crippen LogP contribution in [0.3, 0.4) is 0 Å². The minimum absolute atomic E-state index is 0.264. The molecule has 1 N–H and O–H groups in total. The highest BCUT2D eigenvalue weighted by Crippen LogP contribution is 2.32. The molecule has 38 heavy (non-hydrogen) atoms. The van der Waals surface area contributed by atoms with Gasteiger partial charge in [0.2, 0.25) is 0 Å². The largest absolute Gasteiger partial charge is 0.497 e. The summed E-state index contributed by atoms with van der Waals surface area (Å²) in [6.45, 7) is 1.63. The smallest absolute Gasteiger partial charge is 0.326 e. The number of carbonyl (C=O) groups excluding carboxylic acids is 1. The van der Waals surface area contributed by atoms with E-state index in [1.807, 2.05) is 42.5 Å². The van der Waals surface area contributed by atoms with Crippen LogP contribution in [0, 0.1) is 5.82 Å². The van der Waals surface area contributed by atoms with Crippen LogP contribution in [0.5, 0.6) is 5.75 Å². The lowest BCUT2D eigenvalue weighted by Gasteiger charge is -2.23. The van der Waals surface area contributed by atoms with Crippen molar-refractivity contribution in [1.29, 1.82) is 0 Å². The van der Waals surface area contributed by atoms with Crippen molar-refractivity contribution in [3.05, 3.63) is 89.2 Å². The number of hydrogen-bond acceptors (Lipinski definition) is 6. The van der Waals surface area contributed by atoms with Gasteiger partial charge in [0.25, 0.3) is 5.91 Å². The molecule has 2 heterocycles. The average Bonchev–Trinajstić information content (AvgIpc) is 3.60. The molecule has 1 aliphatic rings. The molecule has 0 spiro atoms. The third-order valence-electron chi connectivity index (χ3n) is 6.83. The van der Waals surface area contributed by atoms with E-state index in [2.05, 4.69) is 4.90 Å². The van der Waals surface area contributed by atoms with Gasteiger partial charge in [-0.2, -0.15) is 0 Å². The Morgan fingerprint density at radius 1 is 1.11 bits per heavy atom. The third kappa shape index (κ3) is 5.47. The quantitative estimate of drug-likeness (QED) is 0.311. The first-order valence-corrected chi connectivity index (χ1v) is 13.3. The number of thiazole rings is 1. The number of anilines is 1. The molecule has 1 aromatic heterocycles. The van der Waals surface area contributed by atoms with E-state index in [1.165, 1.54) is 22.3 Å². The van der Waals surface area contributed by atoms with Gasteiger partial charge in [0.1, 0.15) is 17.6 Å². The van der Waals surface area contributed by atoms with E-state index < -0.39 is 12.0 Å². The fraction of sp³-hybridized carbons (Fsp3) is 0.276. The molecule has 1 atom stereocenters. The number of rotatable bonds is 9. The zero-order valence-electron chi connectivity index (χ0n) is 21.0. The number of likely N-dealkylation sites (tertiary alicyclic amines) is 1. The van der Waals surface area contributed by atoms with E-state index >= 15 is 0 Å². The Kier molecular flexibility index (Phi) is 7.55. The summed E-state index contributed by atoms with van der Waals surface area (Å²) in [5.74, 6) is -0.719. The molecule has 3 aromatic carbocycles. The second-order valence-electron chi connectivity index (χ2n) is 9.30. The number of aromatic nitrogens is 1. The van der Waals surface area contributed by atoms with Crippen molar-refractivity contribution in [2.75, 3.05) is 25.1 Å². The van der Waals surface area contributed by atoms with Gasteiger partial charge in [-0.15, -0.1) is 0 Å². The molecule has 9 heteroatoms. The Hall–Kier alpha value is -3.98. The number of methoxy groups -OCH3 is 1. The molecule has 1 amide bonds. The zero-order chi connectivity index (χ0) is 26.6. The maximum atomic E-state index is 14.4. The Morgan fingerprint density at radius 3 is 2.53 bits per heavy atom.